The van der Waals surface area contributed by atoms with Crippen LogP contribution in [0.1, 0.15) is 29.5 Å². The number of benzene rings is 2. The summed E-state index contributed by atoms with van der Waals surface area (Å²) < 4.78 is 16.5. The molecule has 0 amide bonds. The van der Waals surface area contributed by atoms with E-state index in [2.05, 4.69) is 17.5 Å². The fourth-order valence-electron chi connectivity index (χ4n) is 4.31. The van der Waals surface area contributed by atoms with Crippen LogP contribution in [0.2, 0.25) is 0 Å². The van der Waals surface area contributed by atoms with Gasteiger partial charge in [-0.2, -0.15) is 0 Å². The van der Waals surface area contributed by atoms with E-state index in [1.165, 1.54) is 6.07 Å². The molecule has 1 aliphatic heterocycles. The predicted molar refractivity (Wildman–Crippen MR) is 106 cm³/mol. The van der Waals surface area contributed by atoms with Gasteiger partial charge in [-0.1, -0.05) is 12.2 Å². The lowest BCUT2D eigenvalue weighted by atomic mass is 9.77. The Morgan fingerprint density at radius 2 is 1.79 bits per heavy atom. The maximum absolute atomic E-state index is 11.2. The molecule has 28 heavy (non-hydrogen) atoms. The second-order valence-electron chi connectivity index (χ2n) is 6.96. The highest BCUT2D eigenvalue weighted by molar-refractivity contribution is 5.64. The molecule has 1 aliphatic carbocycles. The fourth-order valence-corrected chi connectivity index (χ4v) is 4.31. The van der Waals surface area contributed by atoms with Crippen LogP contribution in [0, 0.1) is 16.0 Å². The highest BCUT2D eigenvalue weighted by atomic mass is 16.6. The predicted octanol–water partition coefficient (Wildman–Crippen LogP) is 4.45. The summed E-state index contributed by atoms with van der Waals surface area (Å²) in [5.41, 5.74) is 3.02. The van der Waals surface area contributed by atoms with Crippen LogP contribution in [-0.4, -0.2) is 26.3 Å². The number of nitrogens with one attached hydrogen (secondary N) is 1. The smallest absolute Gasteiger partial charge is 0.269 e. The van der Waals surface area contributed by atoms with E-state index < -0.39 is 0 Å². The van der Waals surface area contributed by atoms with E-state index >= 15 is 0 Å². The van der Waals surface area contributed by atoms with Gasteiger partial charge in [0.25, 0.3) is 5.69 Å². The van der Waals surface area contributed by atoms with Gasteiger partial charge in [-0.05, 0) is 41.7 Å². The van der Waals surface area contributed by atoms with Gasteiger partial charge >= 0.3 is 0 Å². The van der Waals surface area contributed by atoms with Crippen molar-refractivity contribution in [3.8, 4) is 17.2 Å². The molecular weight excluding hydrogens is 360 g/mol. The fraction of sp³-hybridized carbons (Fsp3) is 0.333. The zero-order valence-corrected chi connectivity index (χ0v) is 16.0. The lowest BCUT2D eigenvalue weighted by molar-refractivity contribution is -0.384. The average molecular weight is 382 g/mol. The first kappa shape index (κ1) is 18.2. The third kappa shape index (κ3) is 2.83. The molecule has 0 bridgehead atoms. The molecule has 0 aromatic heterocycles. The zero-order chi connectivity index (χ0) is 19.8. The Balaban J connectivity index is 1.79. The molecule has 4 rings (SSSR count). The highest BCUT2D eigenvalue weighted by Gasteiger charge is 2.39. The molecule has 0 saturated heterocycles. The number of hydrogen-bond acceptors (Lipinski definition) is 6. The van der Waals surface area contributed by atoms with Crippen molar-refractivity contribution in [3.05, 3.63) is 63.7 Å². The first-order chi connectivity index (χ1) is 13.6. The molecule has 2 aliphatic rings. The monoisotopic (exact) mass is 382 g/mol. The van der Waals surface area contributed by atoms with E-state index in [1.807, 2.05) is 12.1 Å². The summed E-state index contributed by atoms with van der Waals surface area (Å²) >= 11 is 0. The first-order valence-electron chi connectivity index (χ1n) is 9.08. The average Bonchev–Trinajstić information content (AvgIpc) is 3.21. The number of anilines is 1. The van der Waals surface area contributed by atoms with Gasteiger partial charge in [0.05, 0.1) is 32.3 Å². The Hall–Kier alpha value is -3.22. The molecule has 2 aromatic rings. The molecule has 3 atom stereocenters. The number of nitrogens with zero attached hydrogens (tertiary/aromatic N) is 1. The molecule has 1 N–H and O–H groups in total. The van der Waals surface area contributed by atoms with Crippen molar-refractivity contribution in [2.75, 3.05) is 26.6 Å². The molecule has 0 radical (unpaired) electrons. The van der Waals surface area contributed by atoms with E-state index in [0.717, 1.165) is 23.2 Å². The minimum absolute atomic E-state index is 0.0164. The number of hydrogen-bond donors (Lipinski definition) is 1. The third-order valence-electron chi connectivity index (χ3n) is 5.60. The van der Waals surface area contributed by atoms with Crippen LogP contribution in [0.15, 0.2) is 42.5 Å². The van der Waals surface area contributed by atoms with Crippen LogP contribution in [0.5, 0.6) is 17.2 Å². The molecule has 3 unspecified atom stereocenters. The van der Waals surface area contributed by atoms with Gasteiger partial charge in [-0.3, -0.25) is 10.1 Å². The molecule has 1 heterocycles. The van der Waals surface area contributed by atoms with Crippen molar-refractivity contribution >= 4 is 11.4 Å². The Bertz CT molecular complexity index is 931. The summed E-state index contributed by atoms with van der Waals surface area (Å²) in [5, 5.41) is 14.8. The maximum Gasteiger partial charge on any atom is 0.269 e. The first-order valence-corrected chi connectivity index (χ1v) is 9.08. The largest absolute Gasteiger partial charge is 0.493 e. The van der Waals surface area contributed by atoms with Gasteiger partial charge in [0.1, 0.15) is 0 Å². The number of non-ortho nitro benzene ring substituents is 1. The standard InChI is InChI=1S/C21H22N2O5/c1-26-18-9-12(10-19(27-2)21(18)28-3)20-15-6-4-5-14(15)16-11-13(23(24)25)7-8-17(16)22-20/h4-5,7-11,14-15,20,22H,6H2,1-3H3. The molecular formula is C21H22N2O5. The van der Waals surface area contributed by atoms with Gasteiger partial charge in [0.15, 0.2) is 11.5 Å². The van der Waals surface area contributed by atoms with Crippen LogP contribution in [0.25, 0.3) is 0 Å². The van der Waals surface area contributed by atoms with Crippen LogP contribution in [0.4, 0.5) is 11.4 Å². The Morgan fingerprint density at radius 3 is 2.39 bits per heavy atom. The van der Waals surface area contributed by atoms with Crippen molar-refractivity contribution in [2.45, 2.75) is 18.4 Å². The van der Waals surface area contributed by atoms with Crippen LogP contribution < -0.4 is 19.5 Å². The van der Waals surface area contributed by atoms with E-state index in [9.17, 15) is 10.1 Å². The van der Waals surface area contributed by atoms with Gasteiger partial charge < -0.3 is 19.5 Å². The summed E-state index contributed by atoms with van der Waals surface area (Å²) in [6, 6.07) is 8.96. The van der Waals surface area contributed by atoms with Gasteiger partial charge in [-0.15, -0.1) is 0 Å². The minimum atomic E-state index is -0.348. The van der Waals surface area contributed by atoms with E-state index in [0.29, 0.717) is 17.2 Å². The van der Waals surface area contributed by atoms with Crippen molar-refractivity contribution in [1.29, 1.82) is 0 Å². The second-order valence-corrected chi connectivity index (χ2v) is 6.96. The molecule has 0 fully saturated rings. The third-order valence-corrected chi connectivity index (χ3v) is 5.60. The van der Waals surface area contributed by atoms with E-state index in [4.69, 9.17) is 14.2 Å². The number of allylic oxidation sites excluding steroid dienone is 2. The Morgan fingerprint density at radius 1 is 1.07 bits per heavy atom. The molecule has 0 spiro atoms. The van der Waals surface area contributed by atoms with Gasteiger partial charge in [0, 0.05) is 23.7 Å². The van der Waals surface area contributed by atoms with Crippen molar-refractivity contribution in [3.63, 3.8) is 0 Å². The van der Waals surface area contributed by atoms with E-state index in [1.54, 1.807) is 33.5 Å². The van der Waals surface area contributed by atoms with Crippen LogP contribution in [-0.2, 0) is 0 Å². The number of ether oxygens (including phenoxy) is 3. The normalized spacial score (nSPS) is 22.0. The number of nitro groups is 1. The highest BCUT2D eigenvalue weighted by Crippen LogP contribution is 2.52. The maximum atomic E-state index is 11.2. The second kappa shape index (κ2) is 7.07. The number of fused-ring (bicyclic) bond motifs is 3. The zero-order valence-electron chi connectivity index (χ0n) is 16.0. The van der Waals surface area contributed by atoms with Crippen LogP contribution in [0.3, 0.4) is 0 Å². The minimum Gasteiger partial charge on any atom is -0.493 e. The Labute approximate surface area is 163 Å². The van der Waals surface area contributed by atoms with Gasteiger partial charge in [-0.25, -0.2) is 0 Å². The van der Waals surface area contributed by atoms with Gasteiger partial charge in [0.2, 0.25) is 5.75 Å². The molecule has 146 valence electrons. The topological polar surface area (TPSA) is 82.9 Å². The summed E-state index contributed by atoms with van der Waals surface area (Å²) in [5.74, 6) is 2.14. The van der Waals surface area contributed by atoms with Crippen LogP contribution >= 0.6 is 0 Å². The number of methoxy groups -OCH3 is 3. The summed E-state index contributed by atoms with van der Waals surface area (Å²) in [4.78, 5) is 10.8. The van der Waals surface area contributed by atoms with Crippen molar-refractivity contribution in [1.82, 2.24) is 0 Å². The molecule has 2 aromatic carbocycles. The Kier molecular flexibility index (Phi) is 4.58. The number of nitro benzene ring substituents is 1. The SMILES string of the molecule is COc1cc(C2Nc3ccc([N+](=O)[O-])cc3C3C=CCC32)cc(OC)c1OC. The summed E-state index contributed by atoms with van der Waals surface area (Å²) in [7, 11) is 4.78. The lowest BCUT2D eigenvalue weighted by Crippen LogP contribution is -2.29. The summed E-state index contributed by atoms with van der Waals surface area (Å²) in [6.45, 7) is 0. The van der Waals surface area contributed by atoms with Crippen molar-refractivity contribution in [2.24, 2.45) is 5.92 Å². The summed E-state index contributed by atoms with van der Waals surface area (Å²) in [6.07, 6.45) is 5.19. The lowest BCUT2D eigenvalue weighted by Gasteiger charge is -2.37. The number of rotatable bonds is 5. The quantitative estimate of drug-likeness (QED) is 0.467. The molecule has 0 saturated carbocycles. The molecule has 7 heteroatoms. The van der Waals surface area contributed by atoms with Crippen molar-refractivity contribution < 1.29 is 19.1 Å². The van der Waals surface area contributed by atoms with E-state index in [-0.39, 0.29) is 28.5 Å². The molecule has 7 nitrogen and oxygen atoms in total.